The number of pyridine rings is 2. The summed E-state index contributed by atoms with van der Waals surface area (Å²) in [5.74, 6) is 0. The molecule has 0 unspecified atom stereocenters. The van der Waals surface area contributed by atoms with Crippen LogP contribution in [0.2, 0.25) is 0 Å². The second kappa shape index (κ2) is 9.69. The van der Waals surface area contributed by atoms with Crippen molar-refractivity contribution in [2.45, 2.75) is 0 Å². The average molecular weight is 228 g/mol. The van der Waals surface area contributed by atoms with E-state index in [1.165, 1.54) is 11.1 Å². The van der Waals surface area contributed by atoms with E-state index in [0.29, 0.717) is 0 Å². The third-order valence-corrected chi connectivity index (χ3v) is 1.69. The Labute approximate surface area is 92.9 Å². The second-order valence-electron chi connectivity index (χ2n) is 2.47. The summed E-state index contributed by atoms with van der Waals surface area (Å²) in [6.45, 7) is 0. The molecule has 6 heteroatoms. The van der Waals surface area contributed by atoms with Crippen LogP contribution in [0.5, 0.6) is 0 Å². The normalized spacial score (nSPS) is 7.25. The number of hydrogen-bond donors (Lipinski definition) is 0. The van der Waals surface area contributed by atoms with Gasteiger partial charge in [0.25, 0.3) is 0 Å². The molecule has 0 fully saturated rings. The number of aromatic nitrogens is 2. The van der Waals surface area contributed by atoms with Gasteiger partial charge in [-0.15, -0.1) is 0 Å². The molecule has 0 bridgehead atoms. The summed E-state index contributed by atoms with van der Waals surface area (Å²) in [6.07, 6.45) is 7.15. The van der Waals surface area contributed by atoms with E-state index >= 15 is 0 Å². The molecular formula is C10H16N2O4. The average Bonchev–Trinajstić information content (AvgIpc) is 2.21. The maximum atomic E-state index is 3.96. The van der Waals surface area contributed by atoms with Crippen LogP contribution in [0.15, 0.2) is 49.1 Å². The van der Waals surface area contributed by atoms with Gasteiger partial charge in [-0.05, 0) is 35.4 Å². The molecule has 2 rings (SSSR count). The van der Waals surface area contributed by atoms with Crippen LogP contribution in [-0.2, 0) is 0 Å². The van der Waals surface area contributed by atoms with Gasteiger partial charge in [0.05, 0.1) is 0 Å². The third-order valence-electron chi connectivity index (χ3n) is 1.69. The lowest BCUT2D eigenvalue weighted by molar-refractivity contribution is 0.823. The molecule has 2 aromatic heterocycles. The molecular weight excluding hydrogens is 212 g/mol. The van der Waals surface area contributed by atoms with Crippen LogP contribution in [0, 0.1) is 0 Å². The smallest absolute Gasteiger partial charge is 0.0273 e. The van der Waals surface area contributed by atoms with Crippen molar-refractivity contribution in [1.82, 2.24) is 9.97 Å². The molecule has 6 nitrogen and oxygen atoms in total. The topological polar surface area (TPSA) is 152 Å². The summed E-state index contributed by atoms with van der Waals surface area (Å²) in [6, 6.07) is 7.93. The van der Waals surface area contributed by atoms with E-state index in [2.05, 4.69) is 9.97 Å². The van der Waals surface area contributed by atoms with Crippen molar-refractivity contribution in [2.24, 2.45) is 0 Å². The number of nitrogens with zero attached hydrogens (tertiary/aromatic N) is 2. The van der Waals surface area contributed by atoms with Gasteiger partial charge in [-0.1, -0.05) is 0 Å². The van der Waals surface area contributed by atoms with Gasteiger partial charge in [-0.25, -0.2) is 0 Å². The van der Waals surface area contributed by atoms with Crippen LogP contribution in [-0.4, -0.2) is 31.9 Å². The molecule has 0 aromatic carbocycles. The van der Waals surface area contributed by atoms with Crippen LogP contribution >= 0.6 is 0 Å². The minimum atomic E-state index is 0. The largest absolute Gasteiger partial charge is 0.412 e. The lowest BCUT2D eigenvalue weighted by Gasteiger charge is -1.97. The summed E-state index contributed by atoms with van der Waals surface area (Å²) in [4.78, 5) is 7.91. The van der Waals surface area contributed by atoms with Gasteiger partial charge in [0, 0.05) is 24.8 Å². The summed E-state index contributed by atoms with van der Waals surface area (Å²) >= 11 is 0. The van der Waals surface area contributed by atoms with Crippen LogP contribution < -0.4 is 0 Å². The minimum Gasteiger partial charge on any atom is -0.412 e. The molecule has 16 heavy (non-hydrogen) atoms. The van der Waals surface area contributed by atoms with Crippen LogP contribution in [0.4, 0.5) is 0 Å². The molecule has 0 saturated heterocycles. The zero-order chi connectivity index (χ0) is 8.23. The van der Waals surface area contributed by atoms with Crippen molar-refractivity contribution < 1.29 is 21.9 Å². The van der Waals surface area contributed by atoms with Gasteiger partial charge in [-0.2, -0.15) is 0 Å². The van der Waals surface area contributed by atoms with Crippen molar-refractivity contribution in [1.29, 1.82) is 0 Å². The van der Waals surface area contributed by atoms with Crippen molar-refractivity contribution in [3.63, 3.8) is 0 Å². The summed E-state index contributed by atoms with van der Waals surface area (Å²) < 4.78 is 0. The first-order chi connectivity index (χ1) is 5.97. The number of hydrogen-bond acceptors (Lipinski definition) is 2. The van der Waals surface area contributed by atoms with E-state index in [0.717, 1.165) is 0 Å². The Bertz CT molecular complexity index is 318. The van der Waals surface area contributed by atoms with E-state index < -0.39 is 0 Å². The molecule has 0 atom stereocenters. The van der Waals surface area contributed by atoms with Crippen LogP contribution in [0.3, 0.4) is 0 Å². The zero-order valence-corrected chi connectivity index (χ0v) is 8.51. The van der Waals surface area contributed by atoms with Gasteiger partial charge < -0.3 is 21.9 Å². The first-order valence-electron chi connectivity index (χ1n) is 3.77. The molecule has 0 amide bonds. The Balaban J connectivity index is -0.000000422. The van der Waals surface area contributed by atoms with E-state index in [4.69, 9.17) is 0 Å². The molecule has 0 aliphatic heterocycles. The summed E-state index contributed by atoms with van der Waals surface area (Å²) in [7, 11) is 0. The predicted octanol–water partition coefficient (Wildman–Crippen LogP) is -1.16. The highest BCUT2D eigenvalue weighted by molar-refractivity contribution is 5.61. The predicted molar refractivity (Wildman–Crippen MR) is 61.9 cm³/mol. The van der Waals surface area contributed by atoms with Gasteiger partial charge in [-0.3, -0.25) is 9.97 Å². The maximum Gasteiger partial charge on any atom is 0.0273 e. The van der Waals surface area contributed by atoms with Crippen molar-refractivity contribution in [3.05, 3.63) is 49.1 Å². The lowest BCUT2D eigenvalue weighted by Crippen LogP contribution is -1.77. The highest BCUT2D eigenvalue weighted by Gasteiger charge is 1.92. The molecule has 0 saturated carbocycles. The Hall–Kier alpha value is -1.86. The lowest BCUT2D eigenvalue weighted by atomic mass is 10.1. The Kier molecular flexibility index (Phi) is 11.9. The van der Waals surface area contributed by atoms with Crippen LogP contribution in [0.25, 0.3) is 11.1 Å². The first kappa shape index (κ1) is 19.7. The van der Waals surface area contributed by atoms with E-state index in [1.54, 1.807) is 24.8 Å². The van der Waals surface area contributed by atoms with E-state index in [1.807, 2.05) is 24.3 Å². The molecule has 2 aromatic rings. The molecule has 0 aliphatic rings. The van der Waals surface area contributed by atoms with Crippen LogP contribution in [0.1, 0.15) is 0 Å². The van der Waals surface area contributed by atoms with Crippen molar-refractivity contribution >= 4 is 0 Å². The van der Waals surface area contributed by atoms with Crippen molar-refractivity contribution in [2.75, 3.05) is 0 Å². The fraction of sp³-hybridized carbons (Fsp3) is 0. The van der Waals surface area contributed by atoms with E-state index in [9.17, 15) is 0 Å². The third kappa shape index (κ3) is 4.58. The van der Waals surface area contributed by atoms with E-state index in [-0.39, 0.29) is 21.9 Å². The molecule has 0 aliphatic carbocycles. The Morgan fingerprint density at radius 3 is 1.00 bits per heavy atom. The Morgan fingerprint density at radius 2 is 0.750 bits per heavy atom. The molecule has 0 radical (unpaired) electrons. The number of rotatable bonds is 1. The highest BCUT2D eigenvalue weighted by atomic mass is 16.0. The van der Waals surface area contributed by atoms with Crippen molar-refractivity contribution in [3.8, 4) is 11.1 Å². The summed E-state index contributed by atoms with van der Waals surface area (Å²) in [5.41, 5.74) is 2.35. The van der Waals surface area contributed by atoms with Gasteiger partial charge >= 0.3 is 0 Å². The fourth-order valence-electron chi connectivity index (χ4n) is 1.09. The molecule has 8 N–H and O–H groups in total. The maximum absolute atomic E-state index is 3.96. The standard InChI is InChI=1S/C10H8N2.4H2O/c1-5-11-6-2-9(1)10-3-7-12-8-4-10;;;;/h1-8H;4*1H2. The molecule has 90 valence electrons. The highest BCUT2D eigenvalue weighted by Crippen LogP contribution is 2.15. The quantitative estimate of drug-likeness (QED) is 0.604. The summed E-state index contributed by atoms with van der Waals surface area (Å²) in [5, 5.41) is 0. The SMILES string of the molecule is O.O.O.O.c1cc(-c2ccncc2)ccn1. The Morgan fingerprint density at radius 1 is 0.500 bits per heavy atom. The molecule has 2 heterocycles. The zero-order valence-electron chi connectivity index (χ0n) is 8.51. The minimum absolute atomic E-state index is 0. The van der Waals surface area contributed by atoms with Gasteiger partial charge in [0.2, 0.25) is 0 Å². The van der Waals surface area contributed by atoms with Gasteiger partial charge in [0.15, 0.2) is 0 Å². The monoisotopic (exact) mass is 228 g/mol. The first-order valence-corrected chi connectivity index (χ1v) is 3.77. The molecule has 0 spiro atoms. The fourth-order valence-corrected chi connectivity index (χ4v) is 1.09. The van der Waals surface area contributed by atoms with Gasteiger partial charge in [0.1, 0.15) is 0 Å². The second-order valence-corrected chi connectivity index (χ2v) is 2.47.